The van der Waals surface area contributed by atoms with Crippen molar-refractivity contribution < 1.29 is 22.2 Å². The van der Waals surface area contributed by atoms with Gasteiger partial charge in [0.05, 0.1) is 11.7 Å². The van der Waals surface area contributed by atoms with Crippen LogP contribution >= 0.6 is 0 Å². The molecule has 2 heterocycles. The number of rotatable bonds is 4. The molecule has 0 aliphatic heterocycles. The van der Waals surface area contributed by atoms with Crippen LogP contribution in [0.3, 0.4) is 0 Å². The average Bonchev–Trinajstić information content (AvgIpc) is 3.60. The molecule has 3 aliphatic carbocycles. The van der Waals surface area contributed by atoms with Crippen molar-refractivity contribution in [2.45, 2.75) is 68.1 Å². The SMILES string of the molecule is N[S@@](=O)(=NC(=O)Nc1c2c(nc(C(F)(F)F)c1C1CC1)CCC2)c1ccn(C2CC2)n1. The van der Waals surface area contributed by atoms with Gasteiger partial charge in [0, 0.05) is 17.5 Å². The van der Waals surface area contributed by atoms with E-state index in [0.717, 1.165) is 12.8 Å². The maximum atomic E-state index is 13.7. The highest BCUT2D eigenvalue weighted by Crippen LogP contribution is 2.50. The molecule has 2 saturated carbocycles. The van der Waals surface area contributed by atoms with Gasteiger partial charge in [0.1, 0.15) is 5.69 Å². The molecule has 3 N–H and O–H groups in total. The maximum absolute atomic E-state index is 13.7. The summed E-state index contributed by atoms with van der Waals surface area (Å²) in [6.45, 7) is 0. The van der Waals surface area contributed by atoms with Crippen molar-refractivity contribution in [3.63, 3.8) is 0 Å². The van der Waals surface area contributed by atoms with Gasteiger partial charge in [0.25, 0.3) is 0 Å². The summed E-state index contributed by atoms with van der Waals surface area (Å²) in [5, 5.41) is 12.4. The van der Waals surface area contributed by atoms with Crippen LogP contribution in [0, 0.1) is 0 Å². The number of carbonyl (C=O) groups excluding carboxylic acids is 1. The fourth-order valence-corrected chi connectivity index (χ4v) is 4.90. The number of nitrogens with zero attached hydrogens (tertiary/aromatic N) is 4. The number of halogens is 3. The van der Waals surface area contributed by atoms with Crippen molar-refractivity contribution in [1.29, 1.82) is 0 Å². The molecule has 2 fully saturated rings. The molecule has 2 aromatic heterocycles. The van der Waals surface area contributed by atoms with Gasteiger partial charge in [0.15, 0.2) is 14.9 Å². The number of hydrogen-bond donors (Lipinski definition) is 2. The molecule has 5 rings (SSSR count). The van der Waals surface area contributed by atoms with E-state index in [9.17, 15) is 22.2 Å². The van der Waals surface area contributed by atoms with E-state index in [0.29, 0.717) is 43.4 Å². The Bertz CT molecular complexity index is 1190. The standard InChI is InChI=1S/C19H21F3N6O2S/c20-19(21,22)17-15(10-4-5-10)16(12-2-1-3-13(12)24-17)25-18(29)27-31(23,30)14-8-9-28(26-14)11-6-7-11/h8-11H,1-7H2,(H3,23,24,25,27,29,30)/t31-/m1/s1. The molecule has 0 saturated heterocycles. The summed E-state index contributed by atoms with van der Waals surface area (Å²) >= 11 is 0. The third kappa shape index (κ3) is 3.93. The highest BCUT2D eigenvalue weighted by atomic mass is 32.2. The zero-order chi connectivity index (χ0) is 22.0. The topological polar surface area (TPSA) is 115 Å². The largest absolute Gasteiger partial charge is 0.433 e. The van der Waals surface area contributed by atoms with Gasteiger partial charge in [-0.2, -0.15) is 18.3 Å². The van der Waals surface area contributed by atoms with Crippen molar-refractivity contribution in [1.82, 2.24) is 14.8 Å². The highest BCUT2D eigenvalue weighted by Gasteiger charge is 2.43. The number of amides is 2. The van der Waals surface area contributed by atoms with Crippen molar-refractivity contribution in [3.05, 3.63) is 34.8 Å². The maximum Gasteiger partial charge on any atom is 0.433 e. The van der Waals surface area contributed by atoms with E-state index in [1.54, 1.807) is 10.9 Å². The third-order valence-electron chi connectivity index (χ3n) is 5.77. The average molecular weight is 454 g/mol. The van der Waals surface area contributed by atoms with E-state index in [-0.39, 0.29) is 28.2 Å². The summed E-state index contributed by atoms with van der Waals surface area (Å²) in [7, 11) is -3.64. The van der Waals surface area contributed by atoms with E-state index < -0.39 is 27.8 Å². The fraction of sp³-hybridized carbons (Fsp3) is 0.526. The van der Waals surface area contributed by atoms with Crippen LogP contribution in [0.1, 0.15) is 66.6 Å². The van der Waals surface area contributed by atoms with Crippen LogP contribution in [0.4, 0.5) is 23.7 Å². The molecule has 12 heteroatoms. The lowest BCUT2D eigenvalue weighted by atomic mass is 10.00. The van der Waals surface area contributed by atoms with Crippen LogP contribution in [-0.2, 0) is 28.9 Å². The number of carbonyl (C=O) groups is 1. The van der Waals surface area contributed by atoms with Crippen LogP contribution < -0.4 is 10.5 Å². The van der Waals surface area contributed by atoms with Crippen LogP contribution in [0.5, 0.6) is 0 Å². The second-order valence-corrected chi connectivity index (χ2v) is 9.99. The van der Waals surface area contributed by atoms with E-state index in [1.807, 2.05) is 0 Å². The molecule has 2 aromatic rings. The molecule has 1 atom stereocenters. The molecule has 166 valence electrons. The van der Waals surface area contributed by atoms with E-state index >= 15 is 0 Å². The summed E-state index contributed by atoms with van der Waals surface area (Å²) in [6, 6.07) is 0.627. The summed E-state index contributed by atoms with van der Waals surface area (Å²) < 4.78 is 59.2. The van der Waals surface area contributed by atoms with Crippen molar-refractivity contribution in [3.8, 4) is 0 Å². The molecule has 8 nitrogen and oxygen atoms in total. The number of alkyl halides is 3. The fourth-order valence-electron chi connectivity index (χ4n) is 4.04. The van der Waals surface area contributed by atoms with Crippen molar-refractivity contribution in [2.75, 3.05) is 5.32 Å². The first-order valence-corrected chi connectivity index (χ1v) is 11.7. The number of hydrogen-bond acceptors (Lipinski definition) is 4. The second kappa shape index (κ2) is 7.02. The Balaban J connectivity index is 1.52. The minimum atomic E-state index is -4.64. The van der Waals surface area contributed by atoms with Gasteiger partial charge in [0.2, 0.25) is 0 Å². The van der Waals surface area contributed by atoms with Crippen LogP contribution in [0.25, 0.3) is 0 Å². The van der Waals surface area contributed by atoms with E-state index in [2.05, 4.69) is 19.8 Å². The zero-order valence-corrected chi connectivity index (χ0v) is 17.3. The number of pyridine rings is 1. The van der Waals surface area contributed by atoms with E-state index in [4.69, 9.17) is 5.14 Å². The van der Waals surface area contributed by atoms with Gasteiger partial charge in [-0.1, -0.05) is 0 Å². The molecule has 0 radical (unpaired) electrons. The molecular formula is C19H21F3N6O2S. The smallest absolute Gasteiger partial charge is 0.305 e. The van der Waals surface area contributed by atoms with Crippen molar-refractivity contribution >= 4 is 21.6 Å². The van der Waals surface area contributed by atoms with Gasteiger partial charge in [-0.15, -0.1) is 4.36 Å². The van der Waals surface area contributed by atoms with Gasteiger partial charge >= 0.3 is 12.2 Å². The lowest BCUT2D eigenvalue weighted by Gasteiger charge is -2.19. The van der Waals surface area contributed by atoms with Crippen LogP contribution in [0.15, 0.2) is 21.7 Å². The summed E-state index contributed by atoms with van der Waals surface area (Å²) in [5.41, 5.74) is 0.0780. The normalized spacial score (nSPS) is 20.3. The predicted octanol–water partition coefficient (Wildman–Crippen LogP) is 3.93. The molecule has 31 heavy (non-hydrogen) atoms. The summed E-state index contributed by atoms with van der Waals surface area (Å²) in [5.74, 6) is -0.318. The second-order valence-electron chi connectivity index (χ2n) is 8.26. The summed E-state index contributed by atoms with van der Waals surface area (Å²) in [6.07, 6.45) is 1.68. The molecule has 0 aromatic carbocycles. The first-order valence-electron chi connectivity index (χ1n) is 10.2. The Morgan fingerprint density at radius 2 is 2.00 bits per heavy atom. The number of nitrogens with one attached hydrogen (secondary N) is 1. The number of aryl methyl sites for hydroxylation is 1. The number of anilines is 1. The van der Waals surface area contributed by atoms with Crippen LogP contribution in [-0.4, -0.2) is 25.0 Å². The highest BCUT2D eigenvalue weighted by molar-refractivity contribution is 7.91. The first kappa shape index (κ1) is 20.4. The Labute approximate surface area is 176 Å². The molecule has 0 unspecified atom stereocenters. The molecule has 0 bridgehead atoms. The summed E-state index contributed by atoms with van der Waals surface area (Å²) in [4.78, 5) is 16.5. The van der Waals surface area contributed by atoms with Gasteiger partial charge in [-0.3, -0.25) is 4.68 Å². The lowest BCUT2D eigenvalue weighted by Crippen LogP contribution is -2.21. The Morgan fingerprint density at radius 1 is 1.26 bits per heavy atom. The number of aromatic nitrogens is 3. The third-order valence-corrected chi connectivity index (χ3v) is 7.02. The van der Waals surface area contributed by atoms with Gasteiger partial charge in [-0.05, 0) is 62.5 Å². The van der Waals surface area contributed by atoms with Crippen molar-refractivity contribution in [2.24, 2.45) is 9.50 Å². The Kier molecular flexibility index (Phi) is 4.63. The number of fused-ring (bicyclic) bond motifs is 1. The molecule has 2 amide bonds. The minimum absolute atomic E-state index is 0.00164. The van der Waals surface area contributed by atoms with Gasteiger partial charge in [-0.25, -0.2) is 19.1 Å². The Morgan fingerprint density at radius 3 is 2.65 bits per heavy atom. The quantitative estimate of drug-likeness (QED) is 0.728. The Hall–Kier alpha value is -2.47. The minimum Gasteiger partial charge on any atom is -0.305 e. The molecule has 3 aliphatic rings. The van der Waals surface area contributed by atoms with E-state index in [1.165, 1.54) is 6.07 Å². The zero-order valence-electron chi connectivity index (χ0n) is 16.5. The number of urea groups is 1. The van der Waals surface area contributed by atoms with Gasteiger partial charge < -0.3 is 5.32 Å². The number of nitrogens with two attached hydrogens (primary N) is 1. The first-order chi connectivity index (χ1) is 14.6. The molecule has 0 spiro atoms. The predicted molar refractivity (Wildman–Crippen MR) is 106 cm³/mol. The van der Waals surface area contributed by atoms with Crippen LogP contribution in [0.2, 0.25) is 0 Å². The monoisotopic (exact) mass is 454 g/mol. The lowest BCUT2D eigenvalue weighted by molar-refractivity contribution is -0.141. The molecular weight excluding hydrogens is 433 g/mol.